The van der Waals surface area contributed by atoms with Crippen LogP contribution in [0.3, 0.4) is 0 Å². The second-order valence-electron chi connectivity index (χ2n) is 6.83. The van der Waals surface area contributed by atoms with Gasteiger partial charge in [0, 0.05) is 28.4 Å². The smallest absolute Gasteiger partial charge is 0.121 e. The number of thioether (sulfide) groups is 2. The van der Waals surface area contributed by atoms with Crippen molar-refractivity contribution in [1.82, 2.24) is 0 Å². The highest BCUT2D eigenvalue weighted by Crippen LogP contribution is 2.23. The van der Waals surface area contributed by atoms with Crippen molar-refractivity contribution in [3.8, 4) is 0 Å². The molecule has 4 aromatic carbocycles. The van der Waals surface area contributed by atoms with Crippen molar-refractivity contribution in [3.05, 3.63) is 122 Å². The molecule has 0 fully saturated rings. The summed E-state index contributed by atoms with van der Waals surface area (Å²) in [6.45, 7) is 0. The summed E-state index contributed by atoms with van der Waals surface area (Å²) < 4.78 is 5.52. The maximum Gasteiger partial charge on any atom is 0.357 e. The van der Waals surface area contributed by atoms with E-state index in [0.29, 0.717) is 0 Å². The molecule has 0 bridgehead atoms. The zero-order valence-corrected chi connectivity index (χ0v) is 24.7. The molecule has 0 radical (unpaired) electrons. The third-order valence-corrected chi connectivity index (χ3v) is 10.8. The highest BCUT2D eigenvalue weighted by Gasteiger charge is 2.15. The van der Waals surface area contributed by atoms with Gasteiger partial charge in [-0.2, -0.15) is 0 Å². The van der Waals surface area contributed by atoms with Gasteiger partial charge in [0.2, 0.25) is 0 Å². The van der Waals surface area contributed by atoms with Gasteiger partial charge in [0.15, 0.2) is 7.14 Å². The molecule has 0 atom stereocenters. The first kappa shape index (κ1) is 23.9. The highest BCUT2D eigenvalue weighted by atomic mass is 127. The van der Waals surface area contributed by atoms with Crippen LogP contribution in [0.5, 0.6) is 0 Å². The molecule has 4 aromatic rings. The van der Waals surface area contributed by atoms with E-state index in [9.17, 15) is 0 Å². The molecule has 4 rings (SSSR count). The first-order valence-electron chi connectivity index (χ1n) is 9.73. The van der Waals surface area contributed by atoms with Gasteiger partial charge < -0.3 is 0 Å². The number of benzene rings is 4. The van der Waals surface area contributed by atoms with Gasteiger partial charge in [-0.05, 0) is 129 Å². The fourth-order valence-electron chi connectivity index (χ4n) is 2.81. The predicted octanol–water partition coefficient (Wildman–Crippen LogP) is 5.61. The summed E-state index contributed by atoms with van der Waals surface area (Å²) in [5.41, 5.74) is 2.75. The van der Waals surface area contributed by atoms with Crippen molar-refractivity contribution >= 4 is 68.7 Å². The van der Waals surface area contributed by atoms with Gasteiger partial charge >= 0.3 is 21.2 Å². The van der Waals surface area contributed by atoms with Crippen LogP contribution in [-0.4, -0.2) is 0 Å². The fraction of sp³-hybridized carbons (Fsp3) is 0.0769. The molecule has 156 valence electrons. The minimum atomic E-state index is -0.133. The van der Waals surface area contributed by atoms with Crippen LogP contribution in [0.4, 0.5) is 0 Å². The van der Waals surface area contributed by atoms with E-state index in [1.165, 1.54) is 35.2 Å². The third kappa shape index (κ3) is 7.94. The Morgan fingerprint density at radius 2 is 0.839 bits per heavy atom. The number of hydrogen-bond donors (Lipinski definition) is 0. The average molecular weight is 777 g/mol. The molecule has 0 spiro atoms. The van der Waals surface area contributed by atoms with Gasteiger partial charge in [-0.15, -0.1) is 23.5 Å². The van der Waals surface area contributed by atoms with E-state index in [1.54, 1.807) is 0 Å². The van der Waals surface area contributed by atoms with Crippen LogP contribution in [0.25, 0.3) is 0 Å². The highest BCUT2D eigenvalue weighted by molar-refractivity contribution is 14.1. The molecule has 0 saturated heterocycles. The minimum absolute atomic E-state index is 0.133. The Bertz CT molecular complexity index is 1000. The quantitative estimate of drug-likeness (QED) is 0.169. The number of halogens is 3. The largest absolute Gasteiger partial charge is 0.357 e. The van der Waals surface area contributed by atoms with Gasteiger partial charge in [-0.3, -0.25) is 0 Å². The van der Waals surface area contributed by atoms with Gasteiger partial charge in [0.1, 0.15) is 0 Å². The normalized spacial score (nSPS) is 10.9. The molecule has 0 unspecified atom stereocenters. The maximum atomic E-state index is 2.35. The third-order valence-electron chi connectivity index (χ3n) is 4.48. The van der Waals surface area contributed by atoms with E-state index in [1.807, 2.05) is 23.5 Å². The summed E-state index contributed by atoms with van der Waals surface area (Å²) in [4.78, 5) is 2.68. The molecular formula is C26H20I3S2+. The second kappa shape index (κ2) is 12.3. The number of hydrogen-bond acceptors (Lipinski definition) is 2. The molecular weight excluding hydrogens is 757 g/mol. The first-order chi connectivity index (χ1) is 15.1. The van der Waals surface area contributed by atoms with Gasteiger partial charge in [0.25, 0.3) is 0 Å². The van der Waals surface area contributed by atoms with E-state index in [-0.39, 0.29) is 21.2 Å². The monoisotopic (exact) mass is 777 g/mol. The Labute approximate surface area is 230 Å². The molecule has 0 aliphatic heterocycles. The summed E-state index contributed by atoms with van der Waals surface area (Å²) in [7, 11) is 0. The fourth-order valence-corrected chi connectivity index (χ4v) is 7.39. The van der Waals surface area contributed by atoms with Crippen molar-refractivity contribution < 1.29 is 21.2 Å². The van der Waals surface area contributed by atoms with Gasteiger partial charge in [-0.25, -0.2) is 0 Å². The lowest BCUT2D eigenvalue weighted by molar-refractivity contribution is -0.597. The van der Waals surface area contributed by atoms with Crippen LogP contribution >= 0.6 is 68.7 Å². The summed E-state index contributed by atoms with van der Waals surface area (Å²) in [5, 5.41) is 0. The summed E-state index contributed by atoms with van der Waals surface area (Å²) >= 11 is 8.39. The summed E-state index contributed by atoms with van der Waals surface area (Å²) in [5.74, 6) is 2.04. The Morgan fingerprint density at radius 1 is 0.484 bits per heavy atom. The molecule has 31 heavy (non-hydrogen) atoms. The predicted molar refractivity (Wildman–Crippen MR) is 148 cm³/mol. The number of rotatable bonds is 8. The van der Waals surface area contributed by atoms with Crippen LogP contribution in [0, 0.1) is 14.3 Å². The Kier molecular flexibility index (Phi) is 9.48. The SMILES string of the molecule is Ic1ccc(CSc2ccc([I+]c3ccc(SCc4ccc(I)cc4)cc3)cc2)cc1. The van der Waals surface area contributed by atoms with E-state index in [0.717, 1.165) is 11.5 Å². The molecule has 5 heteroatoms. The average Bonchev–Trinajstić information content (AvgIpc) is 2.80. The molecule has 0 saturated carbocycles. The molecule has 0 amide bonds. The van der Waals surface area contributed by atoms with Gasteiger partial charge in [0.05, 0.1) is 0 Å². The lowest BCUT2D eigenvalue weighted by Crippen LogP contribution is -3.61. The minimum Gasteiger partial charge on any atom is -0.121 e. The molecule has 0 N–H and O–H groups in total. The summed E-state index contributed by atoms with van der Waals surface area (Å²) in [6.07, 6.45) is 0. The summed E-state index contributed by atoms with van der Waals surface area (Å²) in [6, 6.07) is 35.9. The molecule has 0 aromatic heterocycles. The standard InChI is InChI=1S/C26H20I3S2/c27-21-5-1-19(2-6-21)17-30-25-13-9-23(10-14-25)29-24-11-15-26(16-12-24)31-18-20-3-7-22(28)8-4-20/h1-16H,17-18H2/q+1. The second-order valence-corrected chi connectivity index (χ2v) is 14.5. The molecule has 0 nitrogen and oxygen atoms in total. The van der Waals surface area contributed by atoms with Crippen LogP contribution in [0.2, 0.25) is 0 Å². The van der Waals surface area contributed by atoms with E-state index in [2.05, 4.69) is 142 Å². The van der Waals surface area contributed by atoms with Crippen molar-refractivity contribution in [2.24, 2.45) is 0 Å². The van der Waals surface area contributed by atoms with Crippen LogP contribution in [-0.2, 0) is 11.5 Å². The van der Waals surface area contributed by atoms with Crippen LogP contribution in [0.15, 0.2) is 107 Å². The Balaban J connectivity index is 1.27. The topological polar surface area (TPSA) is 0 Å². The van der Waals surface area contributed by atoms with E-state index < -0.39 is 0 Å². The van der Waals surface area contributed by atoms with Crippen LogP contribution < -0.4 is 21.2 Å². The maximum absolute atomic E-state index is 2.35. The Hall–Kier alpha value is -0.230. The first-order valence-corrected chi connectivity index (χ1v) is 16.0. The van der Waals surface area contributed by atoms with Crippen molar-refractivity contribution in [1.29, 1.82) is 0 Å². The lowest BCUT2D eigenvalue weighted by atomic mass is 10.2. The molecule has 0 aliphatic carbocycles. The van der Waals surface area contributed by atoms with Crippen molar-refractivity contribution in [3.63, 3.8) is 0 Å². The van der Waals surface area contributed by atoms with Gasteiger partial charge in [-0.1, -0.05) is 24.3 Å². The zero-order chi connectivity index (χ0) is 21.5. The lowest BCUT2D eigenvalue weighted by Gasteiger charge is -2.02. The molecule has 0 aliphatic rings. The van der Waals surface area contributed by atoms with E-state index in [4.69, 9.17) is 0 Å². The Morgan fingerprint density at radius 3 is 1.19 bits per heavy atom. The van der Waals surface area contributed by atoms with Crippen molar-refractivity contribution in [2.45, 2.75) is 21.3 Å². The van der Waals surface area contributed by atoms with Crippen molar-refractivity contribution in [2.75, 3.05) is 0 Å². The zero-order valence-electron chi connectivity index (χ0n) is 16.6. The van der Waals surface area contributed by atoms with Crippen LogP contribution in [0.1, 0.15) is 11.1 Å². The molecule has 0 heterocycles. The van der Waals surface area contributed by atoms with E-state index >= 15 is 0 Å².